The van der Waals surface area contributed by atoms with Crippen LogP contribution in [0, 0.1) is 11.6 Å². The number of halogens is 2. The molecule has 0 aromatic heterocycles. The van der Waals surface area contributed by atoms with Crippen LogP contribution in [0.5, 0.6) is 0 Å². The van der Waals surface area contributed by atoms with Crippen LogP contribution >= 0.6 is 0 Å². The molecule has 2 atom stereocenters. The molecule has 0 saturated carbocycles. The Morgan fingerprint density at radius 3 is 2.67 bits per heavy atom. The first-order chi connectivity index (χ1) is 7.04. The lowest BCUT2D eigenvalue weighted by Gasteiger charge is -2.15. The van der Waals surface area contributed by atoms with Gasteiger partial charge in [-0.1, -0.05) is 6.92 Å². The highest BCUT2D eigenvalue weighted by Gasteiger charge is 2.16. The molecule has 1 aromatic carbocycles. The van der Waals surface area contributed by atoms with Crippen molar-refractivity contribution in [2.75, 3.05) is 0 Å². The molecule has 0 aliphatic carbocycles. The lowest BCUT2D eigenvalue weighted by Crippen LogP contribution is -2.22. The summed E-state index contributed by atoms with van der Waals surface area (Å²) >= 11 is 0. The Bertz CT molecular complexity index is 330. The highest BCUT2D eigenvalue weighted by atomic mass is 19.1. The molecule has 1 rings (SSSR count). The van der Waals surface area contributed by atoms with Crippen LogP contribution < -0.4 is 5.73 Å². The third-order valence-electron chi connectivity index (χ3n) is 2.37. The molecular formula is C11H15F2NO. The molecular weight excluding hydrogens is 200 g/mol. The van der Waals surface area contributed by atoms with E-state index in [-0.39, 0.29) is 18.0 Å². The van der Waals surface area contributed by atoms with Gasteiger partial charge in [0.1, 0.15) is 11.6 Å². The van der Waals surface area contributed by atoms with Crippen LogP contribution in [0.25, 0.3) is 0 Å². The van der Waals surface area contributed by atoms with Gasteiger partial charge in [0.25, 0.3) is 0 Å². The van der Waals surface area contributed by atoms with Crippen molar-refractivity contribution in [1.29, 1.82) is 0 Å². The Hall–Kier alpha value is -1.00. The van der Waals surface area contributed by atoms with Gasteiger partial charge in [-0.3, -0.25) is 0 Å². The smallest absolute Gasteiger partial charge is 0.129 e. The summed E-state index contributed by atoms with van der Waals surface area (Å²) in [7, 11) is 0. The quantitative estimate of drug-likeness (QED) is 0.808. The minimum Gasteiger partial charge on any atom is -0.388 e. The van der Waals surface area contributed by atoms with Gasteiger partial charge in [0.2, 0.25) is 0 Å². The molecule has 0 aliphatic rings. The summed E-state index contributed by atoms with van der Waals surface area (Å²) in [6.07, 6.45) is -0.124. The maximum Gasteiger partial charge on any atom is 0.129 e. The first kappa shape index (κ1) is 12.1. The fraction of sp³-hybridized carbons (Fsp3) is 0.455. The van der Waals surface area contributed by atoms with E-state index >= 15 is 0 Å². The Kier molecular flexibility index (Phi) is 4.17. The van der Waals surface area contributed by atoms with E-state index in [0.29, 0.717) is 6.42 Å². The van der Waals surface area contributed by atoms with Crippen molar-refractivity contribution >= 4 is 0 Å². The first-order valence-electron chi connectivity index (χ1n) is 4.93. The minimum atomic E-state index is -1.05. The number of aliphatic hydroxyl groups is 1. The summed E-state index contributed by atoms with van der Waals surface area (Å²) in [5.74, 6) is -1.16. The normalized spacial score (nSPS) is 15.0. The molecule has 3 N–H and O–H groups in total. The number of benzene rings is 1. The second-order valence-electron chi connectivity index (χ2n) is 3.59. The Morgan fingerprint density at radius 1 is 1.40 bits per heavy atom. The zero-order chi connectivity index (χ0) is 11.4. The molecule has 0 radical (unpaired) electrons. The van der Waals surface area contributed by atoms with E-state index in [1.165, 1.54) is 0 Å². The van der Waals surface area contributed by atoms with Gasteiger partial charge in [-0.2, -0.15) is 0 Å². The minimum absolute atomic E-state index is 0.0288. The highest BCUT2D eigenvalue weighted by molar-refractivity contribution is 5.21. The van der Waals surface area contributed by atoms with Gasteiger partial charge < -0.3 is 10.8 Å². The Morgan fingerprint density at radius 2 is 2.07 bits per heavy atom. The topological polar surface area (TPSA) is 46.2 Å². The third kappa shape index (κ3) is 3.25. The number of hydrogen-bond donors (Lipinski definition) is 2. The SMILES string of the molecule is CCC(N)CC(O)c1cc(F)ccc1F. The average Bonchev–Trinajstić information content (AvgIpc) is 2.21. The van der Waals surface area contributed by atoms with Crippen LogP contribution in [0.2, 0.25) is 0 Å². The summed E-state index contributed by atoms with van der Waals surface area (Å²) in [5.41, 5.74) is 5.59. The van der Waals surface area contributed by atoms with Crippen molar-refractivity contribution in [3.8, 4) is 0 Å². The van der Waals surface area contributed by atoms with E-state index in [4.69, 9.17) is 5.73 Å². The lowest BCUT2D eigenvalue weighted by atomic mass is 10.0. The fourth-order valence-electron chi connectivity index (χ4n) is 1.35. The predicted octanol–water partition coefficient (Wildman–Crippen LogP) is 2.13. The van der Waals surface area contributed by atoms with Crippen molar-refractivity contribution in [1.82, 2.24) is 0 Å². The second kappa shape index (κ2) is 5.19. The van der Waals surface area contributed by atoms with Crippen LogP contribution in [0.3, 0.4) is 0 Å². The summed E-state index contributed by atoms with van der Waals surface area (Å²) in [4.78, 5) is 0. The monoisotopic (exact) mass is 215 g/mol. The number of nitrogens with two attached hydrogens (primary N) is 1. The maximum atomic E-state index is 13.2. The van der Waals surface area contributed by atoms with Crippen molar-refractivity contribution in [3.63, 3.8) is 0 Å². The fourth-order valence-corrected chi connectivity index (χ4v) is 1.35. The molecule has 0 aliphatic heterocycles. The van der Waals surface area contributed by atoms with E-state index < -0.39 is 17.7 Å². The molecule has 4 heteroatoms. The molecule has 0 bridgehead atoms. The van der Waals surface area contributed by atoms with Gasteiger partial charge in [-0.05, 0) is 31.0 Å². The van der Waals surface area contributed by atoms with E-state index in [2.05, 4.69) is 0 Å². The van der Waals surface area contributed by atoms with Gasteiger partial charge in [0.05, 0.1) is 6.10 Å². The number of rotatable bonds is 4. The molecule has 0 fully saturated rings. The van der Waals surface area contributed by atoms with Crippen LogP contribution in [-0.2, 0) is 0 Å². The van der Waals surface area contributed by atoms with E-state index in [0.717, 1.165) is 18.2 Å². The van der Waals surface area contributed by atoms with E-state index in [1.807, 2.05) is 6.92 Å². The third-order valence-corrected chi connectivity index (χ3v) is 2.37. The van der Waals surface area contributed by atoms with Gasteiger partial charge in [0, 0.05) is 11.6 Å². The molecule has 2 unspecified atom stereocenters. The summed E-state index contributed by atoms with van der Waals surface area (Å²) in [6, 6.07) is 2.82. The summed E-state index contributed by atoms with van der Waals surface area (Å²) < 4.78 is 26.0. The standard InChI is InChI=1S/C11H15F2NO/c1-2-8(14)6-11(15)9-5-7(12)3-4-10(9)13/h3-5,8,11,15H,2,6,14H2,1H3. The zero-order valence-corrected chi connectivity index (χ0v) is 8.58. The molecule has 0 amide bonds. The summed E-state index contributed by atoms with van der Waals surface area (Å²) in [6.45, 7) is 1.87. The number of hydrogen-bond acceptors (Lipinski definition) is 2. The first-order valence-corrected chi connectivity index (χ1v) is 4.93. The second-order valence-corrected chi connectivity index (χ2v) is 3.59. The largest absolute Gasteiger partial charge is 0.388 e. The van der Waals surface area contributed by atoms with Gasteiger partial charge in [0.15, 0.2) is 0 Å². The lowest BCUT2D eigenvalue weighted by molar-refractivity contribution is 0.152. The van der Waals surface area contributed by atoms with Crippen LogP contribution in [-0.4, -0.2) is 11.1 Å². The Balaban J connectivity index is 2.80. The maximum absolute atomic E-state index is 13.2. The average molecular weight is 215 g/mol. The van der Waals surface area contributed by atoms with Gasteiger partial charge in [-0.25, -0.2) is 8.78 Å². The zero-order valence-electron chi connectivity index (χ0n) is 8.58. The molecule has 0 heterocycles. The van der Waals surface area contributed by atoms with E-state index in [9.17, 15) is 13.9 Å². The van der Waals surface area contributed by atoms with Crippen molar-refractivity contribution in [2.45, 2.75) is 31.9 Å². The molecule has 0 saturated heterocycles. The van der Waals surface area contributed by atoms with Crippen molar-refractivity contribution in [3.05, 3.63) is 35.4 Å². The molecule has 1 aromatic rings. The molecule has 84 valence electrons. The van der Waals surface area contributed by atoms with Crippen LogP contribution in [0.15, 0.2) is 18.2 Å². The van der Waals surface area contributed by atoms with Crippen molar-refractivity contribution in [2.24, 2.45) is 5.73 Å². The van der Waals surface area contributed by atoms with Crippen molar-refractivity contribution < 1.29 is 13.9 Å². The molecule has 15 heavy (non-hydrogen) atoms. The predicted molar refractivity (Wildman–Crippen MR) is 54.2 cm³/mol. The Labute approximate surface area is 87.7 Å². The van der Waals surface area contributed by atoms with Crippen LogP contribution in [0.4, 0.5) is 8.78 Å². The highest BCUT2D eigenvalue weighted by Crippen LogP contribution is 2.22. The molecule has 0 spiro atoms. The molecule has 2 nitrogen and oxygen atoms in total. The van der Waals surface area contributed by atoms with Gasteiger partial charge in [-0.15, -0.1) is 0 Å². The van der Waals surface area contributed by atoms with Gasteiger partial charge >= 0.3 is 0 Å². The number of aliphatic hydroxyl groups excluding tert-OH is 1. The van der Waals surface area contributed by atoms with Crippen LogP contribution in [0.1, 0.15) is 31.4 Å². The van der Waals surface area contributed by atoms with E-state index in [1.54, 1.807) is 0 Å². The summed E-state index contributed by atoms with van der Waals surface area (Å²) in [5, 5.41) is 9.64.